The minimum atomic E-state index is -0.218. The summed E-state index contributed by atoms with van der Waals surface area (Å²) in [6, 6.07) is 7.95. The van der Waals surface area contributed by atoms with Crippen LogP contribution >= 0.6 is 0 Å². The van der Waals surface area contributed by atoms with E-state index in [1.165, 1.54) is 5.56 Å². The van der Waals surface area contributed by atoms with Crippen LogP contribution in [0.1, 0.15) is 32.8 Å². The van der Waals surface area contributed by atoms with Crippen molar-refractivity contribution in [3.63, 3.8) is 0 Å². The zero-order valence-electron chi connectivity index (χ0n) is 15.3. The molecule has 0 amide bonds. The standard InChI is InChI=1S/C18H29N3O3/c1-13(2)23-17(22)9-10-20-18(19-5)21-12-15(4)24-16-8-6-7-14(3)11-16/h6-8,11,13,15H,9-10,12H2,1-5H3,(H2,19,20,21). The summed E-state index contributed by atoms with van der Waals surface area (Å²) in [4.78, 5) is 15.6. The Labute approximate surface area is 144 Å². The molecule has 0 aliphatic rings. The molecule has 0 aliphatic heterocycles. The molecule has 1 unspecified atom stereocenters. The van der Waals surface area contributed by atoms with Gasteiger partial charge in [0.25, 0.3) is 0 Å². The van der Waals surface area contributed by atoms with E-state index in [0.717, 1.165) is 5.75 Å². The fraction of sp³-hybridized carbons (Fsp3) is 0.556. The largest absolute Gasteiger partial charge is 0.489 e. The van der Waals surface area contributed by atoms with E-state index in [9.17, 15) is 4.79 Å². The number of rotatable bonds is 8. The van der Waals surface area contributed by atoms with Gasteiger partial charge in [-0.05, 0) is 45.4 Å². The topological polar surface area (TPSA) is 72.0 Å². The molecule has 1 aromatic rings. The maximum atomic E-state index is 11.5. The summed E-state index contributed by atoms with van der Waals surface area (Å²) in [5.74, 6) is 1.26. The summed E-state index contributed by atoms with van der Waals surface area (Å²) in [5, 5.41) is 6.26. The van der Waals surface area contributed by atoms with Gasteiger partial charge >= 0.3 is 5.97 Å². The highest BCUT2D eigenvalue weighted by molar-refractivity contribution is 5.80. The van der Waals surface area contributed by atoms with Gasteiger partial charge in [-0.2, -0.15) is 0 Å². The Morgan fingerprint density at radius 3 is 2.62 bits per heavy atom. The van der Waals surface area contributed by atoms with Crippen molar-refractivity contribution in [1.82, 2.24) is 10.6 Å². The van der Waals surface area contributed by atoms with Gasteiger partial charge in [-0.1, -0.05) is 12.1 Å². The smallest absolute Gasteiger partial charge is 0.307 e. The van der Waals surface area contributed by atoms with Crippen LogP contribution in [0.3, 0.4) is 0 Å². The normalized spacial score (nSPS) is 12.7. The molecule has 0 spiro atoms. The van der Waals surface area contributed by atoms with Crippen LogP contribution in [-0.4, -0.2) is 44.3 Å². The Balaban J connectivity index is 2.29. The monoisotopic (exact) mass is 335 g/mol. The number of aryl methyl sites for hydroxylation is 1. The fourth-order valence-corrected chi connectivity index (χ4v) is 2.03. The predicted octanol–water partition coefficient (Wildman–Crippen LogP) is 2.27. The number of carbonyl (C=O) groups is 1. The number of nitrogens with one attached hydrogen (secondary N) is 2. The molecular weight excluding hydrogens is 306 g/mol. The molecule has 0 radical (unpaired) electrons. The van der Waals surface area contributed by atoms with Gasteiger partial charge in [0.05, 0.1) is 19.1 Å². The number of benzene rings is 1. The minimum Gasteiger partial charge on any atom is -0.489 e. The maximum Gasteiger partial charge on any atom is 0.307 e. The fourth-order valence-electron chi connectivity index (χ4n) is 2.03. The summed E-state index contributed by atoms with van der Waals surface area (Å²) in [6.45, 7) is 8.76. The molecule has 1 rings (SSSR count). The lowest BCUT2D eigenvalue weighted by Gasteiger charge is -2.18. The molecule has 134 valence electrons. The van der Waals surface area contributed by atoms with E-state index >= 15 is 0 Å². The molecule has 0 aliphatic carbocycles. The van der Waals surface area contributed by atoms with Gasteiger partial charge in [-0.25, -0.2) is 0 Å². The van der Waals surface area contributed by atoms with Crippen molar-refractivity contribution >= 4 is 11.9 Å². The van der Waals surface area contributed by atoms with E-state index in [0.29, 0.717) is 25.5 Å². The Hall–Kier alpha value is -2.24. The molecule has 1 aromatic carbocycles. The summed E-state index contributed by atoms with van der Waals surface area (Å²) in [7, 11) is 1.69. The second kappa shape index (κ2) is 10.5. The van der Waals surface area contributed by atoms with Crippen molar-refractivity contribution < 1.29 is 14.3 Å². The van der Waals surface area contributed by atoms with Crippen molar-refractivity contribution in [1.29, 1.82) is 0 Å². The zero-order valence-corrected chi connectivity index (χ0v) is 15.3. The van der Waals surface area contributed by atoms with Gasteiger partial charge in [0, 0.05) is 13.6 Å². The molecule has 1 atom stereocenters. The van der Waals surface area contributed by atoms with Crippen molar-refractivity contribution in [3.8, 4) is 5.75 Å². The Kier molecular flexibility index (Phi) is 8.68. The molecule has 6 heteroatoms. The van der Waals surface area contributed by atoms with Crippen LogP contribution in [0.25, 0.3) is 0 Å². The van der Waals surface area contributed by atoms with E-state index in [4.69, 9.17) is 9.47 Å². The Bertz CT molecular complexity index is 544. The first-order chi connectivity index (χ1) is 11.4. The highest BCUT2D eigenvalue weighted by Crippen LogP contribution is 2.13. The molecule has 0 saturated carbocycles. The van der Waals surface area contributed by atoms with Crippen LogP contribution in [-0.2, 0) is 9.53 Å². The third-order valence-corrected chi connectivity index (χ3v) is 3.10. The van der Waals surface area contributed by atoms with E-state index in [1.807, 2.05) is 52.0 Å². The summed E-state index contributed by atoms with van der Waals surface area (Å²) < 4.78 is 10.9. The summed E-state index contributed by atoms with van der Waals surface area (Å²) in [5.41, 5.74) is 1.17. The van der Waals surface area contributed by atoms with Crippen LogP contribution in [0.4, 0.5) is 0 Å². The molecule has 6 nitrogen and oxygen atoms in total. The molecule has 0 saturated heterocycles. The van der Waals surface area contributed by atoms with E-state index < -0.39 is 0 Å². The van der Waals surface area contributed by atoms with E-state index in [1.54, 1.807) is 7.05 Å². The lowest BCUT2D eigenvalue weighted by Crippen LogP contribution is -2.42. The average molecular weight is 335 g/mol. The average Bonchev–Trinajstić information content (AvgIpc) is 2.50. The second-order valence-electron chi connectivity index (χ2n) is 5.91. The van der Waals surface area contributed by atoms with Gasteiger partial charge in [0.2, 0.25) is 0 Å². The van der Waals surface area contributed by atoms with Crippen molar-refractivity contribution in [2.45, 2.75) is 46.3 Å². The molecule has 0 fully saturated rings. The predicted molar refractivity (Wildman–Crippen MR) is 96.5 cm³/mol. The van der Waals surface area contributed by atoms with Gasteiger partial charge in [0.15, 0.2) is 5.96 Å². The zero-order chi connectivity index (χ0) is 17.9. The number of esters is 1. The second-order valence-corrected chi connectivity index (χ2v) is 5.91. The van der Waals surface area contributed by atoms with Crippen molar-refractivity contribution in [2.24, 2.45) is 4.99 Å². The third-order valence-electron chi connectivity index (χ3n) is 3.10. The van der Waals surface area contributed by atoms with Crippen LogP contribution in [0.5, 0.6) is 5.75 Å². The van der Waals surface area contributed by atoms with Gasteiger partial charge in [-0.15, -0.1) is 0 Å². The maximum absolute atomic E-state index is 11.5. The van der Waals surface area contributed by atoms with E-state index in [2.05, 4.69) is 15.6 Å². The van der Waals surface area contributed by atoms with Gasteiger partial charge in [-0.3, -0.25) is 9.79 Å². The van der Waals surface area contributed by atoms with Crippen LogP contribution in [0, 0.1) is 6.92 Å². The number of hydrogen-bond donors (Lipinski definition) is 2. The number of hydrogen-bond acceptors (Lipinski definition) is 4. The number of guanidine groups is 1. The highest BCUT2D eigenvalue weighted by Gasteiger charge is 2.08. The first-order valence-electron chi connectivity index (χ1n) is 8.28. The number of nitrogens with zero attached hydrogens (tertiary/aromatic N) is 1. The molecular formula is C18H29N3O3. The van der Waals surface area contributed by atoms with Crippen molar-refractivity contribution in [2.75, 3.05) is 20.1 Å². The molecule has 2 N–H and O–H groups in total. The molecule has 24 heavy (non-hydrogen) atoms. The number of aliphatic imine (C=N–C) groups is 1. The number of ether oxygens (including phenoxy) is 2. The van der Waals surface area contributed by atoms with Crippen LogP contribution in [0.15, 0.2) is 29.3 Å². The van der Waals surface area contributed by atoms with Crippen LogP contribution < -0.4 is 15.4 Å². The first kappa shape index (κ1) is 19.8. The lowest BCUT2D eigenvalue weighted by molar-refractivity contribution is -0.147. The van der Waals surface area contributed by atoms with Gasteiger partial charge < -0.3 is 20.1 Å². The minimum absolute atomic E-state index is 0.0174. The van der Waals surface area contributed by atoms with Crippen molar-refractivity contribution in [3.05, 3.63) is 29.8 Å². The first-order valence-corrected chi connectivity index (χ1v) is 8.28. The quantitative estimate of drug-likeness (QED) is 0.433. The molecule has 0 heterocycles. The lowest BCUT2D eigenvalue weighted by atomic mass is 10.2. The highest BCUT2D eigenvalue weighted by atomic mass is 16.5. The Morgan fingerprint density at radius 2 is 2.00 bits per heavy atom. The number of carbonyl (C=O) groups excluding carboxylic acids is 1. The summed E-state index contributed by atoms with van der Waals surface area (Å²) >= 11 is 0. The Morgan fingerprint density at radius 1 is 1.25 bits per heavy atom. The van der Waals surface area contributed by atoms with Crippen LogP contribution in [0.2, 0.25) is 0 Å². The summed E-state index contributed by atoms with van der Waals surface area (Å²) in [6.07, 6.45) is 0.194. The SMILES string of the molecule is CN=C(NCCC(=O)OC(C)C)NCC(C)Oc1cccc(C)c1. The third kappa shape index (κ3) is 8.41. The van der Waals surface area contributed by atoms with E-state index in [-0.39, 0.29) is 18.2 Å². The molecule has 0 bridgehead atoms. The van der Waals surface area contributed by atoms with Gasteiger partial charge in [0.1, 0.15) is 11.9 Å². The molecule has 0 aromatic heterocycles.